The van der Waals surface area contributed by atoms with E-state index in [-0.39, 0.29) is 25.7 Å². The van der Waals surface area contributed by atoms with Crippen molar-refractivity contribution in [2.45, 2.75) is 406 Å². The third-order valence-corrected chi connectivity index (χ3v) is 19.7. The maximum Gasteiger partial charge on any atom is 0.472 e. The monoisotopic (exact) mass is 1460 g/mol. The Bertz CT molecular complexity index is 2080. The summed E-state index contributed by atoms with van der Waals surface area (Å²) >= 11 is 0. The van der Waals surface area contributed by atoms with Gasteiger partial charge < -0.3 is 33.8 Å². The van der Waals surface area contributed by atoms with Crippen LogP contribution in [0.4, 0.5) is 0 Å². The SMILES string of the molecule is CCCCC/C=C\C/C=C\C/C=C\C/C=C\CCCC(=O)OC[C@H](COP(=O)(O)OC[C@@H](O)COP(=O)(O)OC[C@@H](COC(=O)CCCCCCCCCCCCCCCCC)OC(=O)CCCCCCCCCCCCCCC)OC(=O)CCCCCCCCCCCCCCCCC. The minimum absolute atomic E-state index is 0.0914. The lowest BCUT2D eigenvalue weighted by Gasteiger charge is -2.21. The van der Waals surface area contributed by atoms with E-state index in [0.29, 0.717) is 32.1 Å². The van der Waals surface area contributed by atoms with Crippen LogP contribution in [0.1, 0.15) is 387 Å². The number of phosphoric acid groups is 2. The molecule has 0 saturated heterocycles. The maximum absolute atomic E-state index is 13.1. The van der Waals surface area contributed by atoms with Crippen LogP contribution in [0.15, 0.2) is 48.6 Å². The summed E-state index contributed by atoms with van der Waals surface area (Å²) in [4.78, 5) is 73.0. The predicted molar refractivity (Wildman–Crippen MR) is 409 cm³/mol. The predicted octanol–water partition coefficient (Wildman–Crippen LogP) is 23.7. The topological polar surface area (TPSA) is 237 Å². The average molecular weight is 1460 g/mol. The Morgan fingerprint density at radius 3 is 0.790 bits per heavy atom. The Balaban J connectivity index is 5.34. The summed E-state index contributed by atoms with van der Waals surface area (Å²) in [5.74, 6) is -2.19. The minimum Gasteiger partial charge on any atom is -0.462 e. The van der Waals surface area contributed by atoms with Crippen molar-refractivity contribution in [1.29, 1.82) is 0 Å². The molecular formula is C81H150O17P2. The fourth-order valence-corrected chi connectivity index (χ4v) is 13.1. The lowest BCUT2D eigenvalue weighted by atomic mass is 10.0. The summed E-state index contributed by atoms with van der Waals surface area (Å²) < 4.78 is 68.6. The molecule has 0 aliphatic carbocycles. The summed E-state index contributed by atoms with van der Waals surface area (Å²) in [5.41, 5.74) is 0. The van der Waals surface area contributed by atoms with Crippen LogP contribution < -0.4 is 0 Å². The molecule has 0 saturated carbocycles. The fraction of sp³-hybridized carbons (Fsp3) is 0.852. The molecule has 0 amide bonds. The number of hydrogen-bond donors (Lipinski definition) is 3. The van der Waals surface area contributed by atoms with Gasteiger partial charge in [-0.05, 0) is 64.2 Å². The average Bonchev–Trinajstić information content (AvgIpc) is 1.06. The molecular weight excluding hydrogens is 1310 g/mol. The summed E-state index contributed by atoms with van der Waals surface area (Å²) in [6, 6.07) is 0. The molecule has 17 nitrogen and oxygen atoms in total. The first kappa shape index (κ1) is 97.0. The number of carbonyl (C=O) groups excluding carboxylic acids is 4. The summed E-state index contributed by atoms with van der Waals surface area (Å²) in [6.07, 6.45) is 72.3. The van der Waals surface area contributed by atoms with Gasteiger partial charge in [-0.25, -0.2) is 9.13 Å². The van der Waals surface area contributed by atoms with Crippen molar-refractivity contribution in [3.63, 3.8) is 0 Å². The lowest BCUT2D eigenvalue weighted by Crippen LogP contribution is -2.30. The molecule has 0 radical (unpaired) electrons. The van der Waals surface area contributed by atoms with E-state index in [0.717, 1.165) is 96.3 Å². The van der Waals surface area contributed by atoms with Gasteiger partial charge in [0.05, 0.1) is 26.4 Å². The number of unbranched alkanes of at least 4 members (excludes halogenated alkanes) is 44. The molecule has 100 heavy (non-hydrogen) atoms. The van der Waals surface area contributed by atoms with Crippen LogP contribution in [0, 0.1) is 0 Å². The first-order chi connectivity index (χ1) is 48.7. The molecule has 0 rings (SSSR count). The Hall–Kier alpha value is -2.98. The highest BCUT2D eigenvalue weighted by molar-refractivity contribution is 7.47. The van der Waals surface area contributed by atoms with E-state index >= 15 is 0 Å². The normalized spacial score (nSPS) is 14.1. The van der Waals surface area contributed by atoms with E-state index in [4.69, 9.17) is 37.0 Å². The van der Waals surface area contributed by atoms with Crippen molar-refractivity contribution in [2.75, 3.05) is 39.6 Å². The molecule has 0 spiro atoms. The Kier molecular flexibility index (Phi) is 72.1. The smallest absolute Gasteiger partial charge is 0.462 e. The molecule has 0 aliphatic heterocycles. The van der Waals surface area contributed by atoms with Crippen molar-refractivity contribution in [3.05, 3.63) is 48.6 Å². The standard InChI is InChI=1S/C81H150O17P2/c1-5-9-13-17-21-25-29-33-36-37-40-43-46-50-54-58-62-66-79(84)92-72-77(98-81(86)68-64-60-56-52-48-44-39-35-31-27-23-19-15-11-7-3)74-96-100(89,90)94-70-75(82)69-93-99(87,88)95-73-76(97-80(85)67-63-59-55-51-47-41-32-28-24-20-16-12-8-4)71-91-78(83)65-61-57-53-49-45-42-38-34-30-26-22-18-14-10-6-2/h21,25,33,36,40,43,50,54,75-77,82H,5-20,22-24,26-32,34-35,37-39,41-42,44-49,51-53,55-74H2,1-4H3,(H,87,88)(H,89,90)/b25-21-,36-33-,43-40-,54-50-/t75-,76+,77+/m0/s1. The van der Waals surface area contributed by atoms with Crippen LogP contribution in [-0.4, -0.2) is 96.7 Å². The van der Waals surface area contributed by atoms with Crippen molar-refractivity contribution < 1.29 is 80.2 Å². The Morgan fingerprint density at radius 2 is 0.500 bits per heavy atom. The van der Waals surface area contributed by atoms with E-state index in [2.05, 4.69) is 64.2 Å². The molecule has 0 heterocycles. The molecule has 2 unspecified atom stereocenters. The van der Waals surface area contributed by atoms with Crippen molar-refractivity contribution in [3.8, 4) is 0 Å². The highest BCUT2D eigenvalue weighted by atomic mass is 31.2. The number of ether oxygens (including phenoxy) is 4. The summed E-state index contributed by atoms with van der Waals surface area (Å²) in [5, 5.41) is 10.6. The number of phosphoric ester groups is 2. The van der Waals surface area contributed by atoms with Gasteiger partial charge in [0.25, 0.3) is 0 Å². The molecule has 19 heteroatoms. The van der Waals surface area contributed by atoms with Crippen LogP contribution in [0.2, 0.25) is 0 Å². The first-order valence-electron chi connectivity index (χ1n) is 40.9. The molecule has 0 aliphatic rings. The van der Waals surface area contributed by atoms with E-state index in [1.165, 1.54) is 205 Å². The van der Waals surface area contributed by atoms with Gasteiger partial charge >= 0.3 is 39.5 Å². The van der Waals surface area contributed by atoms with Gasteiger partial charge in [-0.3, -0.25) is 37.3 Å². The van der Waals surface area contributed by atoms with Gasteiger partial charge in [-0.15, -0.1) is 0 Å². The molecule has 0 aromatic rings. The van der Waals surface area contributed by atoms with Crippen LogP contribution in [0.3, 0.4) is 0 Å². The highest BCUT2D eigenvalue weighted by Gasteiger charge is 2.30. The van der Waals surface area contributed by atoms with E-state index in [9.17, 15) is 43.2 Å². The van der Waals surface area contributed by atoms with Crippen molar-refractivity contribution >= 4 is 39.5 Å². The van der Waals surface area contributed by atoms with E-state index in [1.54, 1.807) is 0 Å². The largest absolute Gasteiger partial charge is 0.472 e. The number of allylic oxidation sites excluding steroid dienone is 8. The Morgan fingerprint density at radius 1 is 0.280 bits per heavy atom. The lowest BCUT2D eigenvalue weighted by molar-refractivity contribution is -0.161. The Labute approximate surface area is 610 Å². The third kappa shape index (κ3) is 73.3. The van der Waals surface area contributed by atoms with Crippen LogP contribution >= 0.6 is 15.6 Å². The molecule has 5 atom stereocenters. The van der Waals surface area contributed by atoms with Crippen LogP contribution in [-0.2, 0) is 65.4 Å². The van der Waals surface area contributed by atoms with Crippen LogP contribution in [0.25, 0.3) is 0 Å². The van der Waals surface area contributed by atoms with Crippen molar-refractivity contribution in [2.24, 2.45) is 0 Å². The quantitative estimate of drug-likeness (QED) is 0.0169. The molecule has 0 aromatic carbocycles. The fourth-order valence-electron chi connectivity index (χ4n) is 11.6. The van der Waals surface area contributed by atoms with Crippen molar-refractivity contribution in [1.82, 2.24) is 0 Å². The van der Waals surface area contributed by atoms with Gasteiger partial charge in [-0.1, -0.05) is 346 Å². The first-order valence-corrected chi connectivity index (χ1v) is 43.9. The van der Waals surface area contributed by atoms with Gasteiger partial charge in [0.2, 0.25) is 0 Å². The summed E-state index contributed by atoms with van der Waals surface area (Å²) in [7, 11) is -9.94. The minimum atomic E-state index is -4.98. The van der Waals surface area contributed by atoms with E-state index < -0.39 is 97.5 Å². The number of aliphatic hydroxyl groups is 1. The van der Waals surface area contributed by atoms with Gasteiger partial charge in [-0.2, -0.15) is 0 Å². The molecule has 0 aromatic heterocycles. The van der Waals surface area contributed by atoms with Gasteiger partial charge in [0.1, 0.15) is 19.3 Å². The maximum atomic E-state index is 13.1. The zero-order valence-corrected chi connectivity index (χ0v) is 65.9. The van der Waals surface area contributed by atoms with Gasteiger partial charge in [0, 0.05) is 25.7 Å². The second-order valence-corrected chi connectivity index (χ2v) is 30.6. The molecule has 0 fully saturated rings. The summed E-state index contributed by atoms with van der Waals surface area (Å²) in [6.45, 7) is 4.89. The molecule has 586 valence electrons. The second-order valence-electron chi connectivity index (χ2n) is 27.7. The second kappa shape index (κ2) is 74.3. The number of esters is 4. The zero-order valence-electron chi connectivity index (χ0n) is 64.1. The number of hydrogen-bond acceptors (Lipinski definition) is 15. The number of carbonyl (C=O) groups is 4. The number of aliphatic hydroxyl groups excluding tert-OH is 1. The van der Waals surface area contributed by atoms with E-state index in [1.807, 2.05) is 12.2 Å². The van der Waals surface area contributed by atoms with Gasteiger partial charge in [0.15, 0.2) is 12.2 Å². The third-order valence-electron chi connectivity index (χ3n) is 17.8. The zero-order chi connectivity index (χ0) is 73.2. The van der Waals surface area contributed by atoms with Crippen LogP contribution in [0.5, 0.6) is 0 Å². The molecule has 0 bridgehead atoms. The number of rotatable bonds is 78. The molecule has 3 N–H and O–H groups in total. The highest BCUT2D eigenvalue weighted by Crippen LogP contribution is 2.45.